The van der Waals surface area contributed by atoms with Crippen molar-refractivity contribution >= 4 is 28.3 Å². The summed E-state index contributed by atoms with van der Waals surface area (Å²) in [4.78, 5) is 16.5. The van der Waals surface area contributed by atoms with Crippen molar-refractivity contribution in [1.82, 2.24) is 10.3 Å². The van der Waals surface area contributed by atoms with Gasteiger partial charge in [0.05, 0.1) is 0 Å². The summed E-state index contributed by atoms with van der Waals surface area (Å²) in [6.07, 6.45) is 2.53. The zero-order chi connectivity index (χ0) is 14.6. The molecule has 1 aromatic carbocycles. The van der Waals surface area contributed by atoms with Crippen molar-refractivity contribution < 1.29 is 4.79 Å². The lowest BCUT2D eigenvalue weighted by molar-refractivity contribution is 0.0932. The number of rotatable bonds is 5. The van der Waals surface area contributed by atoms with Gasteiger partial charge in [-0.2, -0.15) is 0 Å². The van der Waals surface area contributed by atoms with Gasteiger partial charge in [-0.15, -0.1) is 11.6 Å². The van der Waals surface area contributed by atoms with Gasteiger partial charge in [0.1, 0.15) is 5.69 Å². The summed E-state index contributed by atoms with van der Waals surface area (Å²) in [5.74, 6) is 0.458. The molecule has 106 valence electrons. The van der Waals surface area contributed by atoms with E-state index in [2.05, 4.69) is 24.1 Å². The highest BCUT2D eigenvalue weighted by molar-refractivity contribution is 6.17. The summed E-state index contributed by atoms with van der Waals surface area (Å²) in [5.41, 5.74) is 0.465. The summed E-state index contributed by atoms with van der Waals surface area (Å²) in [6, 6.07) is 9.67. The number of halogens is 1. The van der Waals surface area contributed by atoms with Gasteiger partial charge >= 0.3 is 0 Å². The minimum absolute atomic E-state index is 0.0119. The summed E-state index contributed by atoms with van der Waals surface area (Å²) in [6.45, 7) is 4.77. The van der Waals surface area contributed by atoms with Crippen LogP contribution < -0.4 is 5.32 Å². The van der Waals surface area contributed by atoms with Gasteiger partial charge in [-0.3, -0.25) is 9.78 Å². The molecule has 1 amide bonds. The van der Waals surface area contributed by atoms with E-state index in [1.54, 1.807) is 6.20 Å². The van der Waals surface area contributed by atoms with Crippen LogP contribution in [0.2, 0.25) is 0 Å². The van der Waals surface area contributed by atoms with Gasteiger partial charge in [0.15, 0.2) is 0 Å². The Morgan fingerprint density at radius 3 is 2.80 bits per heavy atom. The molecule has 0 spiro atoms. The molecular weight excluding hydrogens is 272 g/mol. The van der Waals surface area contributed by atoms with Gasteiger partial charge in [-0.05, 0) is 23.3 Å². The van der Waals surface area contributed by atoms with E-state index >= 15 is 0 Å². The molecule has 0 unspecified atom stereocenters. The van der Waals surface area contributed by atoms with E-state index in [1.807, 2.05) is 30.3 Å². The number of hydrogen-bond donors (Lipinski definition) is 1. The number of nitrogens with zero attached hydrogens (tertiary/aromatic N) is 1. The van der Waals surface area contributed by atoms with E-state index in [-0.39, 0.29) is 11.3 Å². The number of nitrogens with one attached hydrogen (secondary N) is 1. The number of carbonyl (C=O) groups excluding carboxylic acids is 1. The fourth-order valence-corrected chi connectivity index (χ4v) is 2.56. The van der Waals surface area contributed by atoms with Gasteiger partial charge in [0, 0.05) is 24.0 Å². The lowest BCUT2D eigenvalue weighted by atomic mass is 9.90. The molecule has 0 atom stereocenters. The van der Waals surface area contributed by atoms with Gasteiger partial charge < -0.3 is 5.32 Å². The van der Waals surface area contributed by atoms with Crippen molar-refractivity contribution in [2.75, 3.05) is 12.4 Å². The molecule has 0 saturated heterocycles. The predicted octanol–water partition coefficient (Wildman–Crippen LogP) is 3.62. The molecule has 0 saturated carbocycles. The summed E-state index contributed by atoms with van der Waals surface area (Å²) >= 11 is 5.77. The Kier molecular flexibility index (Phi) is 4.61. The number of fused-ring (bicyclic) bond motifs is 1. The van der Waals surface area contributed by atoms with E-state index in [0.717, 1.165) is 17.2 Å². The van der Waals surface area contributed by atoms with Crippen LogP contribution in [0, 0.1) is 5.41 Å². The van der Waals surface area contributed by atoms with E-state index in [9.17, 15) is 4.79 Å². The van der Waals surface area contributed by atoms with Gasteiger partial charge in [-0.25, -0.2) is 0 Å². The Balaban J connectivity index is 2.16. The molecule has 0 aliphatic carbocycles. The number of carbonyl (C=O) groups is 1. The van der Waals surface area contributed by atoms with E-state index < -0.39 is 0 Å². The molecule has 1 aromatic heterocycles. The minimum Gasteiger partial charge on any atom is -0.350 e. The molecule has 0 aliphatic rings. The maximum Gasteiger partial charge on any atom is 0.270 e. The third kappa shape index (κ3) is 3.48. The molecule has 2 aromatic rings. The fourth-order valence-electron chi connectivity index (χ4n) is 2.05. The number of aromatic nitrogens is 1. The Morgan fingerprint density at radius 1 is 1.30 bits per heavy atom. The smallest absolute Gasteiger partial charge is 0.270 e. The molecule has 20 heavy (non-hydrogen) atoms. The second kappa shape index (κ2) is 6.23. The molecule has 4 heteroatoms. The van der Waals surface area contributed by atoms with Crippen molar-refractivity contribution in [3.05, 3.63) is 42.2 Å². The van der Waals surface area contributed by atoms with Crippen LogP contribution in [0.25, 0.3) is 10.8 Å². The largest absolute Gasteiger partial charge is 0.350 e. The number of alkyl halides is 1. The lowest BCUT2D eigenvalue weighted by Gasteiger charge is -2.23. The average molecular weight is 291 g/mol. The summed E-state index contributed by atoms with van der Waals surface area (Å²) in [5, 5.41) is 4.85. The molecular formula is C16H19ClN2O. The van der Waals surface area contributed by atoms with E-state index in [4.69, 9.17) is 11.6 Å². The number of hydrogen-bond acceptors (Lipinski definition) is 2. The zero-order valence-corrected chi connectivity index (χ0v) is 12.6. The van der Waals surface area contributed by atoms with Crippen LogP contribution >= 0.6 is 11.6 Å². The SMILES string of the molecule is CC(C)(CCCl)CNC(=O)c1nccc2ccccc12. The minimum atomic E-state index is -0.135. The third-order valence-electron chi connectivity index (χ3n) is 3.39. The second-order valence-electron chi connectivity index (χ2n) is 5.67. The summed E-state index contributed by atoms with van der Waals surface area (Å²) in [7, 11) is 0. The third-order valence-corrected chi connectivity index (χ3v) is 3.58. The standard InChI is InChI=1S/C16H19ClN2O/c1-16(2,8-9-17)11-19-15(20)14-13-6-4-3-5-12(13)7-10-18-14/h3-7,10H,8-9,11H2,1-2H3,(H,19,20). The van der Waals surface area contributed by atoms with E-state index in [0.29, 0.717) is 18.1 Å². The molecule has 0 aliphatic heterocycles. The number of benzene rings is 1. The summed E-state index contributed by atoms with van der Waals surface area (Å²) < 4.78 is 0. The van der Waals surface area contributed by atoms with Gasteiger partial charge in [0.25, 0.3) is 5.91 Å². The molecule has 0 radical (unpaired) electrons. The van der Waals surface area contributed by atoms with Crippen molar-refractivity contribution in [3.63, 3.8) is 0 Å². The van der Waals surface area contributed by atoms with Gasteiger partial charge in [-0.1, -0.05) is 38.1 Å². The monoisotopic (exact) mass is 290 g/mol. The van der Waals surface area contributed by atoms with Crippen LogP contribution in [0.1, 0.15) is 30.8 Å². The molecule has 1 heterocycles. The molecule has 2 rings (SSSR count). The normalized spacial score (nSPS) is 11.6. The lowest BCUT2D eigenvalue weighted by Crippen LogP contribution is -2.34. The van der Waals surface area contributed by atoms with Crippen LogP contribution in [0.5, 0.6) is 0 Å². The first-order valence-corrected chi connectivity index (χ1v) is 7.25. The molecule has 1 N–H and O–H groups in total. The first kappa shape index (κ1) is 14.8. The Morgan fingerprint density at radius 2 is 2.05 bits per heavy atom. The number of pyridine rings is 1. The molecule has 0 bridgehead atoms. The number of amides is 1. The van der Waals surface area contributed by atoms with E-state index in [1.165, 1.54) is 0 Å². The van der Waals surface area contributed by atoms with Crippen LogP contribution in [-0.4, -0.2) is 23.3 Å². The van der Waals surface area contributed by atoms with Crippen molar-refractivity contribution in [2.24, 2.45) is 5.41 Å². The van der Waals surface area contributed by atoms with Crippen LogP contribution in [0.3, 0.4) is 0 Å². The maximum absolute atomic E-state index is 12.3. The average Bonchev–Trinajstić information content (AvgIpc) is 2.44. The van der Waals surface area contributed by atoms with Crippen molar-refractivity contribution in [2.45, 2.75) is 20.3 Å². The fraction of sp³-hybridized carbons (Fsp3) is 0.375. The Labute approximate surface area is 124 Å². The first-order chi connectivity index (χ1) is 9.53. The second-order valence-corrected chi connectivity index (χ2v) is 6.04. The molecule has 3 nitrogen and oxygen atoms in total. The first-order valence-electron chi connectivity index (χ1n) is 6.71. The van der Waals surface area contributed by atoms with Crippen molar-refractivity contribution in [3.8, 4) is 0 Å². The van der Waals surface area contributed by atoms with Crippen LogP contribution in [-0.2, 0) is 0 Å². The Hall–Kier alpha value is -1.61. The quantitative estimate of drug-likeness (QED) is 0.855. The highest BCUT2D eigenvalue weighted by Crippen LogP contribution is 2.20. The topological polar surface area (TPSA) is 42.0 Å². The van der Waals surface area contributed by atoms with Crippen LogP contribution in [0.4, 0.5) is 0 Å². The maximum atomic E-state index is 12.3. The zero-order valence-electron chi connectivity index (χ0n) is 11.8. The predicted molar refractivity (Wildman–Crippen MR) is 83.2 cm³/mol. The van der Waals surface area contributed by atoms with Crippen molar-refractivity contribution in [1.29, 1.82) is 0 Å². The highest BCUT2D eigenvalue weighted by Gasteiger charge is 2.19. The van der Waals surface area contributed by atoms with Crippen LogP contribution in [0.15, 0.2) is 36.5 Å². The molecule has 0 fully saturated rings. The highest BCUT2D eigenvalue weighted by atomic mass is 35.5. The Bertz CT molecular complexity index is 605. The van der Waals surface area contributed by atoms with Gasteiger partial charge in [0.2, 0.25) is 0 Å².